The average molecular weight is 310 g/mol. The maximum Gasteiger partial charge on any atom is 0.160 e. The van der Waals surface area contributed by atoms with E-state index in [1.54, 1.807) is 12.3 Å². The molecule has 94 valence electrons. The van der Waals surface area contributed by atoms with Gasteiger partial charge in [0, 0.05) is 34.0 Å². The number of nitrogens with two attached hydrogens (primary N) is 1. The normalized spacial score (nSPS) is 10.7. The third-order valence-electron chi connectivity index (χ3n) is 2.68. The summed E-state index contributed by atoms with van der Waals surface area (Å²) in [6.45, 7) is 2.44. The van der Waals surface area contributed by atoms with Gasteiger partial charge in [0.15, 0.2) is 5.82 Å². The first-order valence-corrected chi connectivity index (χ1v) is 6.45. The standard InChI is InChI=1S/C13H13BrFN3/c1-2-12-8(6-16)7-17-13(18-12)10-4-3-9(15)5-11(10)14/h3-5,7H,2,6,16H2,1H3. The van der Waals surface area contributed by atoms with Gasteiger partial charge in [0.2, 0.25) is 0 Å². The Kier molecular flexibility index (Phi) is 4.04. The lowest BCUT2D eigenvalue weighted by Gasteiger charge is -2.08. The molecule has 0 saturated heterocycles. The highest BCUT2D eigenvalue weighted by atomic mass is 79.9. The molecule has 0 bridgehead atoms. The van der Waals surface area contributed by atoms with Gasteiger partial charge in [-0.05, 0) is 40.5 Å². The Morgan fingerprint density at radius 2 is 2.17 bits per heavy atom. The van der Waals surface area contributed by atoms with Crippen molar-refractivity contribution in [3.8, 4) is 11.4 Å². The number of rotatable bonds is 3. The highest BCUT2D eigenvalue weighted by Gasteiger charge is 2.10. The fourth-order valence-corrected chi connectivity index (χ4v) is 2.25. The largest absolute Gasteiger partial charge is 0.326 e. The number of benzene rings is 1. The molecule has 1 aromatic heterocycles. The van der Waals surface area contributed by atoms with E-state index in [1.165, 1.54) is 12.1 Å². The third-order valence-corrected chi connectivity index (χ3v) is 3.34. The molecule has 18 heavy (non-hydrogen) atoms. The minimum Gasteiger partial charge on any atom is -0.326 e. The Labute approximate surface area is 113 Å². The van der Waals surface area contributed by atoms with Gasteiger partial charge in [-0.15, -0.1) is 0 Å². The van der Waals surface area contributed by atoms with Crippen LogP contribution in [-0.4, -0.2) is 9.97 Å². The van der Waals surface area contributed by atoms with E-state index in [0.29, 0.717) is 16.8 Å². The Hall–Kier alpha value is -1.33. The number of hydrogen-bond donors (Lipinski definition) is 1. The highest BCUT2D eigenvalue weighted by molar-refractivity contribution is 9.10. The van der Waals surface area contributed by atoms with E-state index in [1.807, 2.05) is 6.92 Å². The van der Waals surface area contributed by atoms with Crippen molar-refractivity contribution < 1.29 is 4.39 Å². The van der Waals surface area contributed by atoms with Crippen LogP contribution in [0.5, 0.6) is 0 Å². The Balaban J connectivity index is 2.51. The summed E-state index contributed by atoms with van der Waals surface area (Å²) in [4.78, 5) is 8.75. The number of hydrogen-bond acceptors (Lipinski definition) is 3. The first-order chi connectivity index (χ1) is 8.65. The molecule has 0 fully saturated rings. The fraction of sp³-hybridized carbons (Fsp3) is 0.231. The molecule has 2 N–H and O–H groups in total. The molecule has 3 nitrogen and oxygen atoms in total. The smallest absolute Gasteiger partial charge is 0.160 e. The molecule has 0 radical (unpaired) electrons. The molecule has 1 heterocycles. The van der Waals surface area contributed by atoms with Crippen molar-refractivity contribution in [2.24, 2.45) is 5.73 Å². The lowest BCUT2D eigenvalue weighted by molar-refractivity contribution is 0.627. The summed E-state index contributed by atoms with van der Waals surface area (Å²) < 4.78 is 13.7. The number of nitrogens with zero attached hydrogens (tertiary/aromatic N) is 2. The second kappa shape index (κ2) is 5.54. The molecule has 2 aromatic rings. The maximum atomic E-state index is 13.0. The predicted octanol–water partition coefficient (Wildman–Crippen LogP) is 3.07. The SMILES string of the molecule is CCc1nc(-c2ccc(F)cc2Br)ncc1CN. The van der Waals surface area contributed by atoms with E-state index in [2.05, 4.69) is 25.9 Å². The molecule has 0 spiro atoms. The van der Waals surface area contributed by atoms with E-state index < -0.39 is 0 Å². The van der Waals surface area contributed by atoms with Crippen LogP contribution in [0.25, 0.3) is 11.4 Å². The zero-order valence-corrected chi connectivity index (χ0v) is 11.5. The lowest BCUT2D eigenvalue weighted by atomic mass is 10.1. The van der Waals surface area contributed by atoms with E-state index >= 15 is 0 Å². The number of halogens is 2. The van der Waals surface area contributed by atoms with E-state index in [4.69, 9.17) is 5.73 Å². The van der Waals surface area contributed by atoms with Crippen LogP contribution in [0.3, 0.4) is 0 Å². The summed E-state index contributed by atoms with van der Waals surface area (Å²) in [6, 6.07) is 4.46. The van der Waals surface area contributed by atoms with Crippen LogP contribution < -0.4 is 5.73 Å². The minimum atomic E-state index is -0.292. The zero-order chi connectivity index (χ0) is 13.1. The summed E-state index contributed by atoms with van der Waals surface area (Å²) in [5.41, 5.74) is 8.27. The van der Waals surface area contributed by atoms with Gasteiger partial charge in [0.1, 0.15) is 5.82 Å². The van der Waals surface area contributed by atoms with Crippen LogP contribution in [0.1, 0.15) is 18.2 Å². The van der Waals surface area contributed by atoms with Crippen molar-refractivity contribution >= 4 is 15.9 Å². The Morgan fingerprint density at radius 1 is 1.39 bits per heavy atom. The first-order valence-electron chi connectivity index (χ1n) is 5.66. The summed E-state index contributed by atoms with van der Waals surface area (Å²) in [6.07, 6.45) is 2.53. The fourth-order valence-electron chi connectivity index (χ4n) is 1.72. The Bertz CT molecular complexity index is 572. The summed E-state index contributed by atoms with van der Waals surface area (Å²) in [7, 11) is 0. The van der Waals surface area contributed by atoms with Gasteiger partial charge in [-0.3, -0.25) is 0 Å². The minimum absolute atomic E-state index is 0.292. The van der Waals surface area contributed by atoms with Gasteiger partial charge >= 0.3 is 0 Å². The third kappa shape index (κ3) is 2.57. The number of aryl methyl sites for hydroxylation is 1. The zero-order valence-electron chi connectivity index (χ0n) is 9.95. The van der Waals surface area contributed by atoms with Crippen molar-refractivity contribution in [2.75, 3.05) is 0 Å². The molecular weight excluding hydrogens is 297 g/mol. The second-order valence-corrected chi connectivity index (χ2v) is 4.70. The van der Waals surface area contributed by atoms with Gasteiger partial charge in [0.25, 0.3) is 0 Å². The van der Waals surface area contributed by atoms with Gasteiger partial charge in [-0.2, -0.15) is 0 Å². The summed E-state index contributed by atoms with van der Waals surface area (Å²) in [5, 5.41) is 0. The van der Waals surface area contributed by atoms with Crippen LogP contribution in [0, 0.1) is 5.82 Å². The van der Waals surface area contributed by atoms with Gasteiger partial charge in [-0.25, -0.2) is 14.4 Å². The van der Waals surface area contributed by atoms with Gasteiger partial charge in [0.05, 0.1) is 0 Å². The molecule has 0 aliphatic heterocycles. The van der Waals surface area contributed by atoms with Crippen molar-refractivity contribution in [1.82, 2.24) is 9.97 Å². The monoisotopic (exact) mass is 309 g/mol. The van der Waals surface area contributed by atoms with Crippen molar-refractivity contribution in [2.45, 2.75) is 19.9 Å². The van der Waals surface area contributed by atoms with Gasteiger partial charge < -0.3 is 5.73 Å². The molecule has 0 aliphatic carbocycles. The highest BCUT2D eigenvalue weighted by Crippen LogP contribution is 2.26. The Morgan fingerprint density at radius 3 is 2.78 bits per heavy atom. The quantitative estimate of drug-likeness (QED) is 0.948. The predicted molar refractivity (Wildman–Crippen MR) is 72.4 cm³/mol. The summed E-state index contributed by atoms with van der Waals surface area (Å²) in [5.74, 6) is 0.288. The van der Waals surface area contributed by atoms with Crippen LogP contribution in [0.2, 0.25) is 0 Å². The van der Waals surface area contributed by atoms with E-state index in [0.717, 1.165) is 23.2 Å². The molecular formula is C13H13BrFN3. The maximum absolute atomic E-state index is 13.0. The molecule has 1 aromatic carbocycles. The molecule has 0 saturated carbocycles. The second-order valence-electron chi connectivity index (χ2n) is 3.85. The van der Waals surface area contributed by atoms with Gasteiger partial charge in [-0.1, -0.05) is 6.92 Å². The lowest BCUT2D eigenvalue weighted by Crippen LogP contribution is -2.05. The molecule has 0 unspecified atom stereocenters. The molecule has 0 atom stereocenters. The first kappa shape index (κ1) is 13.1. The van der Waals surface area contributed by atoms with Crippen LogP contribution in [0.15, 0.2) is 28.9 Å². The van der Waals surface area contributed by atoms with Crippen molar-refractivity contribution in [3.05, 3.63) is 45.9 Å². The van der Waals surface area contributed by atoms with Crippen molar-refractivity contribution in [1.29, 1.82) is 0 Å². The average Bonchev–Trinajstić information content (AvgIpc) is 2.38. The topological polar surface area (TPSA) is 51.8 Å². The molecule has 0 amide bonds. The molecule has 0 aliphatic rings. The van der Waals surface area contributed by atoms with Crippen LogP contribution >= 0.6 is 15.9 Å². The van der Waals surface area contributed by atoms with Crippen LogP contribution in [-0.2, 0) is 13.0 Å². The van der Waals surface area contributed by atoms with Crippen LogP contribution in [0.4, 0.5) is 4.39 Å². The van der Waals surface area contributed by atoms with E-state index in [9.17, 15) is 4.39 Å². The van der Waals surface area contributed by atoms with Crippen molar-refractivity contribution in [3.63, 3.8) is 0 Å². The summed E-state index contributed by atoms with van der Waals surface area (Å²) >= 11 is 3.32. The number of aromatic nitrogens is 2. The molecule has 2 rings (SSSR count). The molecule has 5 heteroatoms. The van der Waals surface area contributed by atoms with E-state index in [-0.39, 0.29) is 5.82 Å².